The zero-order valence-electron chi connectivity index (χ0n) is 12.6. The van der Waals surface area contributed by atoms with Crippen molar-refractivity contribution < 1.29 is 4.74 Å². The summed E-state index contributed by atoms with van der Waals surface area (Å²) < 4.78 is 6.10. The maximum absolute atomic E-state index is 6.10. The third-order valence-electron chi connectivity index (χ3n) is 4.77. The Morgan fingerprint density at radius 3 is 2.75 bits per heavy atom. The lowest BCUT2D eigenvalue weighted by molar-refractivity contribution is 0.0962. The fourth-order valence-electron chi connectivity index (χ4n) is 2.93. The van der Waals surface area contributed by atoms with E-state index in [4.69, 9.17) is 4.74 Å². The number of ether oxygens (including phenoxy) is 1. The molecule has 2 aliphatic carbocycles. The first-order valence-corrected chi connectivity index (χ1v) is 8.06. The van der Waals surface area contributed by atoms with E-state index >= 15 is 0 Å². The highest BCUT2D eigenvalue weighted by Crippen LogP contribution is 2.31. The highest BCUT2D eigenvalue weighted by Gasteiger charge is 2.26. The molecule has 0 aromatic carbocycles. The van der Waals surface area contributed by atoms with Crippen LogP contribution in [0.5, 0.6) is 5.88 Å². The molecule has 0 radical (unpaired) electrons. The summed E-state index contributed by atoms with van der Waals surface area (Å²) in [6, 6.07) is 6.85. The van der Waals surface area contributed by atoms with Crippen molar-refractivity contribution in [2.24, 2.45) is 11.8 Å². The van der Waals surface area contributed by atoms with Crippen LogP contribution in [0.1, 0.15) is 51.6 Å². The fraction of sp³-hybridized carbons (Fsp3) is 0.706. The molecular formula is C17H26N2O. The van der Waals surface area contributed by atoms with Crippen LogP contribution in [-0.4, -0.2) is 17.1 Å². The summed E-state index contributed by atoms with van der Waals surface area (Å²) in [5.74, 6) is 2.39. The molecule has 2 saturated carbocycles. The standard InChI is InChI=1S/C17H26N2O/c1-12-6-9-16(10-13(12)2)20-17-5-3-4-15(19-17)11-18-14-7-8-14/h3-5,12-14,16,18H,6-11H2,1-2H3. The molecule has 0 aliphatic heterocycles. The molecule has 2 aliphatic rings. The van der Waals surface area contributed by atoms with E-state index < -0.39 is 0 Å². The quantitative estimate of drug-likeness (QED) is 0.892. The van der Waals surface area contributed by atoms with Crippen molar-refractivity contribution in [3.8, 4) is 5.88 Å². The maximum Gasteiger partial charge on any atom is 0.213 e. The molecule has 1 aromatic heterocycles. The predicted octanol–water partition coefficient (Wildman–Crippen LogP) is 3.54. The highest BCUT2D eigenvalue weighted by molar-refractivity contribution is 5.16. The topological polar surface area (TPSA) is 34.1 Å². The highest BCUT2D eigenvalue weighted by atomic mass is 16.5. The van der Waals surface area contributed by atoms with Crippen molar-refractivity contribution in [3.63, 3.8) is 0 Å². The van der Waals surface area contributed by atoms with Gasteiger partial charge >= 0.3 is 0 Å². The minimum absolute atomic E-state index is 0.348. The summed E-state index contributed by atoms with van der Waals surface area (Å²) >= 11 is 0. The molecule has 3 rings (SSSR count). The van der Waals surface area contributed by atoms with Gasteiger partial charge in [0.15, 0.2) is 0 Å². The van der Waals surface area contributed by atoms with Crippen LogP contribution in [0.25, 0.3) is 0 Å². The van der Waals surface area contributed by atoms with Crippen molar-refractivity contribution >= 4 is 0 Å². The average Bonchev–Trinajstić information content (AvgIpc) is 3.25. The second-order valence-corrected chi connectivity index (χ2v) is 6.63. The largest absolute Gasteiger partial charge is 0.474 e. The summed E-state index contributed by atoms with van der Waals surface area (Å²) in [5, 5.41) is 3.50. The monoisotopic (exact) mass is 274 g/mol. The number of rotatable bonds is 5. The van der Waals surface area contributed by atoms with Gasteiger partial charge in [0.25, 0.3) is 0 Å². The van der Waals surface area contributed by atoms with Crippen molar-refractivity contribution in [2.45, 2.75) is 64.6 Å². The number of hydrogen-bond acceptors (Lipinski definition) is 3. The van der Waals surface area contributed by atoms with Gasteiger partial charge in [-0.2, -0.15) is 0 Å². The molecule has 0 bridgehead atoms. The van der Waals surface area contributed by atoms with Crippen LogP contribution in [0.4, 0.5) is 0 Å². The van der Waals surface area contributed by atoms with E-state index in [9.17, 15) is 0 Å². The van der Waals surface area contributed by atoms with Crippen LogP contribution in [-0.2, 0) is 6.54 Å². The van der Waals surface area contributed by atoms with E-state index in [0.29, 0.717) is 6.10 Å². The molecule has 3 heteroatoms. The summed E-state index contributed by atoms with van der Waals surface area (Å²) in [4.78, 5) is 4.63. The predicted molar refractivity (Wildman–Crippen MR) is 80.7 cm³/mol. The second kappa shape index (κ2) is 6.13. The molecule has 110 valence electrons. The number of aromatic nitrogens is 1. The zero-order chi connectivity index (χ0) is 13.9. The van der Waals surface area contributed by atoms with Crippen molar-refractivity contribution in [3.05, 3.63) is 23.9 Å². The van der Waals surface area contributed by atoms with Gasteiger partial charge in [-0.15, -0.1) is 0 Å². The van der Waals surface area contributed by atoms with Gasteiger partial charge in [0.05, 0.1) is 5.69 Å². The Balaban J connectivity index is 1.54. The molecule has 3 nitrogen and oxygen atoms in total. The van der Waals surface area contributed by atoms with Crippen LogP contribution in [0.15, 0.2) is 18.2 Å². The van der Waals surface area contributed by atoms with Crippen LogP contribution in [0, 0.1) is 11.8 Å². The molecule has 3 unspecified atom stereocenters. The normalized spacial score (nSPS) is 30.2. The average molecular weight is 274 g/mol. The third kappa shape index (κ3) is 3.72. The van der Waals surface area contributed by atoms with E-state index in [1.807, 2.05) is 6.07 Å². The van der Waals surface area contributed by atoms with E-state index in [1.165, 1.54) is 19.3 Å². The maximum atomic E-state index is 6.10. The van der Waals surface area contributed by atoms with E-state index in [-0.39, 0.29) is 0 Å². The summed E-state index contributed by atoms with van der Waals surface area (Å²) in [7, 11) is 0. The van der Waals surface area contributed by atoms with Gasteiger partial charge in [-0.1, -0.05) is 19.9 Å². The first-order valence-electron chi connectivity index (χ1n) is 8.06. The molecule has 20 heavy (non-hydrogen) atoms. The number of nitrogens with one attached hydrogen (secondary N) is 1. The Labute approximate surface area is 122 Å². The van der Waals surface area contributed by atoms with Crippen LogP contribution < -0.4 is 10.1 Å². The van der Waals surface area contributed by atoms with Crippen LogP contribution >= 0.6 is 0 Å². The number of hydrogen-bond donors (Lipinski definition) is 1. The Morgan fingerprint density at radius 1 is 1.15 bits per heavy atom. The summed E-state index contributed by atoms with van der Waals surface area (Å²) in [5.41, 5.74) is 1.09. The smallest absolute Gasteiger partial charge is 0.213 e. The van der Waals surface area contributed by atoms with Crippen molar-refractivity contribution in [1.29, 1.82) is 0 Å². The Kier molecular flexibility index (Phi) is 4.25. The molecule has 1 aromatic rings. The van der Waals surface area contributed by atoms with Crippen molar-refractivity contribution in [1.82, 2.24) is 10.3 Å². The molecule has 0 saturated heterocycles. The SMILES string of the molecule is CC1CCC(Oc2cccc(CNC3CC3)n2)CC1C. The summed E-state index contributed by atoms with van der Waals surface area (Å²) in [6.07, 6.45) is 6.57. The van der Waals surface area contributed by atoms with Gasteiger partial charge in [-0.3, -0.25) is 0 Å². The first kappa shape index (κ1) is 13.9. The fourth-order valence-corrected chi connectivity index (χ4v) is 2.93. The van der Waals surface area contributed by atoms with E-state index in [1.54, 1.807) is 0 Å². The molecular weight excluding hydrogens is 248 g/mol. The number of nitrogens with zero attached hydrogens (tertiary/aromatic N) is 1. The lowest BCUT2D eigenvalue weighted by Gasteiger charge is -2.31. The molecule has 1 heterocycles. The minimum Gasteiger partial charge on any atom is -0.474 e. The minimum atomic E-state index is 0.348. The van der Waals surface area contributed by atoms with Gasteiger partial charge in [0.1, 0.15) is 6.10 Å². The van der Waals surface area contributed by atoms with Crippen LogP contribution in [0.3, 0.4) is 0 Å². The van der Waals surface area contributed by atoms with Crippen molar-refractivity contribution in [2.75, 3.05) is 0 Å². The van der Waals surface area contributed by atoms with Crippen LogP contribution in [0.2, 0.25) is 0 Å². The molecule has 0 spiro atoms. The van der Waals surface area contributed by atoms with Gasteiger partial charge in [-0.25, -0.2) is 4.98 Å². The molecule has 2 fully saturated rings. The number of pyridine rings is 1. The van der Waals surface area contributed by atoms with Gasteiger partial charge in [0.2, 0.25) is 5.88 Å². The molecule has 3 atom stereocenters. The third-order valence-corrected chi connectivity index (χ3v) is 4.77. The first-order chi connectivity index (χ1) is 9.70. The lowest BCUT2D eigenvalue weighted by atomic mass is 9.80. The van der Waals surface area contributed by atoms with E-state index in [2.05, 4.69) is 36.3 Å². The van der Waals surface area contributed by atoms with Gasteiger partial charge < -0.3 is 10.1 Å². The Hall–Kier alpha value is -1.09. The lowest BCUT2D eigenvalue weighted by Crippen LogP contribution is -2.29. The Morgan fingerprint density at radius 2 is 2.00 bits per heavy atom. The second-order valence-electron chi connectivity index (χ2n) is 6.63. The van der Waals surface area contributed by atoms with E-state index in [0.717, 1.165) is 48.8 Å². The molecule has 0 amide bonds. The summed E-state index contributed by atoms with van der Waals surface area (Å²) in [6.45, 7) is 5.55. The molecule has 1 N–H and O–H groups in total. The Bertz CT molecular complexity index is 444. The zero-order valence-corrected chi connectivity index (χ0v) is 12.6. The van der Waals surface area contributed by atoms with Gasteiger partial charge in [0, 0.05) is 18.7 Å². The van der Waals surface area contributed by atoms with Gasteiger partial charge in [-0.05, 0) is 50.0 Å².